The Hall–Kier alpha value is -0.720. The molecule has 1 heterocycles. The molecule has 0 radical (unpaired) electrons. The summed E-state index contributed by atoms with van der Waals surface area (Å²) in [5, 5.41) is 0. The molecule has 1 nitrogen and oxygen atoms in total. The van der Waals surface area contributed by atoms with Crippen LogP contribution in [0.1, 0.15) is 30.2 Å². The van der Waals surface area contributed by atoms with Crippen molar-refractivity contribution in [3.8, 4) is 0 Å². The SMILES string of the molecule is Cc1coc2c1CC[C@H](C)C2. The predicted octanol–water partition coefficient (Wildman–Crippen LogP) is 2.71. The third-order valence-corrected chi connectivity index (χ3v) is 2.61. The highest BCUT2D eigenvalue weighted by Crippen LogP contribution is 2.28. The van der Waals surface area contributed by atoms with E-state index in [-0.39, 0.29) is 0 Å². The molecule has 0 aliphatic heterocycles. The van der Waals surface area contributed by atoms with E-state index < -0.39 is 0 Å². The maximum Gasteiger partial charge on any atom is 0.107 e. The Kier molecular flexibility index (Phi) is 1.52. The summed E-state index contributed by atoms with van der Waals surface area (Å²) < 4.78 is 5.46. The third kappa shape index (κ3) is 1.09. The highest BCUT2D eigenvalue weighted by Gasteiger charge is 2.19. The van der Waals surface area contributed by atoms with Gasteiger partial charge in [0.1, 0.15) is 5.76 Å². The summed E-state index contributed by atoms with van der Waals surface area (Å²) >= 11 is 0. The first-order valence-electron chi connectivity index (χ1n) is 4.33. The Morgan fingerprint density at radius 2 is 2.36 bits per heavy atom. The van der Waals surface area contributed by atoms with Gasteiger partial charge in [-0.2, -0.15) is 0 Å². The van der Waals surface area contributed by atoms with Crippen molar-refractivity contribution >= 4 is 0 Å². The number of rotatable bonds is 0. The Bertz CT molecular complexity index is 260. The Morgan fingerprint density at radius 3 is 3.18 bits per heavy atom. The van der Waals surface area contributed by atoms with Crippen LogP contribution in [0.3, 0.4) is 0 Å². The van der Waals surface area contributed by atoms with Gasteiger partial charge in [-0.1, -0.05) is 6.92 Å². The van der Waals surface area contributed by atoms with Gasteiger partial charge in [0, 0.05) is 6.42 Å². The van der Waals surface area contributed by atoms with E-state index in [9.17, 15) is 0 Å². The fourth-order valence-corrected chi connectivity index (χ4v) is 1.84. The molecular formula is C10H14O. The fraction of sp³-hybridized carbons (Fsp3) is 0.600. The number of hydrogen-bond acceptors (Lipinski definition) is 1. The molecule has 1 heteroatoms. The van der Waals surface area contributed by atoms with Crippen LogP contribution in [0.2, 0.25) is 0 Å². The second kappa shape index (κ2) is 2.40. The summed E-state index contributed by atoms with van der Waals surface area (Å²) in [6.07, 6.45) is 5.58. The molecule has 0 N–H and O–H groups in total. The largest absolute Gasteiger partial charge is 0.469 e. The molecule has 0 spiro atoms. The zero-order chi connectivity index (χ0) is 7.84. The molecule has 2 rings (SSSR count). The van der Waals surface area contributed by atoms with E-state index in [0.29, 0.717) is 0 Å². The first-order chi connectivity index (χ1) is 5.27. The van der Waals surface area contributed by atoms with Crippen LogP contribution in [0, 0.1) is 12.8 Å². The van der Waals surface area contributed by atoms with Crippen molar-refractivity contribution in [3.05, 3.63) is 23.2 Å². The summed E-state index contributed by atoms with van der Waals surface area (Å²) in [4.78, 5) is 0. The van der Waals surface area contributed by atoms with Gasteiger partial charge in [0.15, 0.2) is 0 Å². The first-order valence-corrected chi connectivity index (χ1v) is 4.33. The molecule has 0 unspecified atom stereocenters. The van der Waals surface area contributed by atoms with E-state index in [1.807, 2.05) is 6.26 Å². The zero-order valence-corrected chi connectivity index (χ0v) is 7.18. The zero-order valence-electron chi connectivity index (χ0n) is 7.18. The second-order valence-electron chi connectivity index (χ2n) is 3.67. The van der Waals surface area contributed by atoms with E-state index in [1.165, 1.54) is 29.7 Å². The van der Waals surface area contributed by atoms with Crippen LogP contribution in [0.15, 0.2) is 10.7 Å². The van der Waals surface area contributed by atoms with E-state index in [1.54, 1.807) is 0 Å². The van der Waals surface area contributed by atoms with Crippen molar-refractivity contribution in [1.82, 2.24) is 0 Å². The van der Waals surface area contributed by atoms with Gasteiger partial charge >= 0.3 is 0 Å². The summed E-state index contributed by atoms with van der Waals surface area (Å²) in [7, 11) is 0. The van der Waals surface area contributed by atoms with Gasteiger partial charge in [-0.25, -0.2) is 0 Å². The molecule has 1 atom stereocenters. The van der Waals surface area contributed by atoms with Crippen molar-refractivity contribution in [2.45, 2.75) is 33.1 Å². The summed E-state index contributed by atoms with van der Waals surface area (Å²) in [5.41, 5.74) is 2.81. The van der Waals surface area contributed by atoms with Crippen LogP contribution < -0.4 is 0 Å². The van der Waals surface area contributed by atoms with Crippen LogP contribution >= 0.6 is 0 Å². The van der Waals surface area contributed by atoms with Crippen molar-refractivity contribution < 1.29 is 4.42 Å². The molecule has 0 bridgehead atoms. The molecule has 0 aromatic carbocycles. The second-order valence-corrected chi connectivity index (χ2v) is 3.67. The van der Waals surface area contributed by atoms with Gasteiger partial charge in [0.05, 0.1) is 6.26 Å². The fourth-order valence-electron chi connectivity index (χ4n) is 1.84. The quantitative estimate of drug-likeness (QED) is 0.554. The predicted molar refractivity (Wildman–Crippen MR) is 44.6 cm³/mol. The smallest absolute Gasteiger partial charge is 0.107 e. The van der Waals surface area contributed by atoms with Crippen molar-refractivity contribution in [2.75, 3.05) is 0 Å². The third-order valence-electron chi connectivity index (χ3n) is 2.61. The maximum absolute atomic E-state index is 5.46. The normalized spacial score (nSPS) is 23.3. The molecule has 60 valence electrons. The van der Waals surface area contributed by atoms with Gasteiger partial charge in [0.2, 0.25) is 0 Å². The summed E-state index contributed by atoms with van der Waals surface area (Å²) in [5.74, 6) is 2.05. The first kappa shape index (κ1) is 6.96. The van der Waals surface area contributed by atoms with Crippen molar-refractivity contribution in [1.29, 1.82) is 0 Å². The lowest BCUT2D eigenvalue weighted by molar-refractivity contribution is 0.413. The minimum atomic E-state index is 0.813. The molecule has 0 fully saturated rings. The number of fused-ring (bicyclic) bond motifs is 1. The van der Waals surface area contributed by atoms with Gasteiger partial charge in [0.25, 0.3) is 0 Å². The molecule has 1 aromatic heterocycles. The average Bonchev–Trinajstić information content (AvgIpc) is 2.32. The molecule has 0 saturated heterocycles. The van der Waals surface area contributed by atoms with Crippen molar-refractivity contribution in [2.24, 2.45) is 5.92 Å². The van der Waals surface area contributed by atoms with Gasteiger partial charge in [-0.15, -0.1) is 0 Å². The summed E-state index contributed by atoms with van der Waals surface area (Å²) in [6.45, 7) is 4.43. The monoisotopic (exact) mass is 150 g/mol. The standard InChI is InChI=1S/C10H14O/c1-7-3-4-9-8(2)6-11-10(9)5-7/h6-7H,3-5H2,1-2H3/t7-/m0/s1. The number of hydrogen-bond donors (Lipinski definition) is 0. The highest BCUT2D eigenvalue weighted by atomic mass is 16.3. The molecule has 0 saturated carbocycles. The van der Waals surface area contributed by atoms with Crippen molar-refractivity contribution in [3.63, 3.8) is 0 Å². The molecule has 1 aromatic rings. The summed E-state index contributed by atoms with van der Waals surface area (Å²) in [6, 6.07) is 0. The lowest BCUT2D eigenvalue weighted by Gasteiger charge is -2.16. The Balaban J connectivity index is 2.36. The van der Waals surface area contributed by atoms with E-state index in [2.05, 4.69) is 13.8 Å². The molecular weight excluding hydrogens is 136 g/mol. The van der Waals surface area contributed by atoms with Crippen LogP contribution in [-0.4, -0.2) is 0 Å². The van der Waals surface area contributed by atoms with Gasteiger partial charge in [-0.05, 0) is 36.8 Å². The van der Waals surface area contributed by atoms with Crippen LogP contribution in [0.5, 0.6) is 0 Å². The molecule has 1 aliphatic rings. The Labute approximate surface area is 67.4 Å². The lowest BCUT2D eigenvalue weighted by atomic mass is 9.88. The molecule has 1 aliphatic carbocycles. The average molecular weight is 150 g/mol. The lowest BCUT2D eigenvalue weighted by Crippen LogP contribution is -2.09. The van der Waals surface area contributed by atoms with E-state index in [4.69, 9.17) is 4.42 Å². The van der Waals surface area contributed by atoms with Crippen LogP contribution in [0.4, 0.5) is 0 Å². The van der Waals surface area contributed by atoms with Gasteiger partial charge in [-0.3, -0.25) is 0 Å². The van der Waals surface area contributed by atoms with E-state index in [0.717, 1.165) is 12.3 Å². The highest BCUT2D eigenvalue weighted by molar-refractivity contribution is 5.28. The maximum atomic E-state index is 5.46. The topological polar surface area (TPSA) is 13.1 Å². The van der Waals surface area contributed by atoms with Crippen LogP contribution in [-0.2, 0) is 12.8 Å². The number of furan rings is 1. The molecule has 11 heavy (non-hydrogen) atoms. The molecule has 0 amide bonds. The number of aryl methyl sites for hydroxylation is 1. The van der Waals surface area contributed by atoms with E-state index >= 15 is 0 Å². The minimum absolute atomic E-state index is 0.813. The Morgan fingerprint density at radius 1 is 1.55 bits per heavy atom. The minimum Gasteiger partial charge on any atom is -0.469 e. The van der Waals surface area contributed by atoms with Crippen LogP contribution in [0.25, 0.3) is 0 Å². The van der Waals surface area contributed by atoms with Gasteiger partial charge < -0.3 is 4.42 Å².